The molecule has 3 N–H and O–H groups in total. The van der Waals surface area contributed by atoms with E-state index in [2.05, 4.69) is 11.4 Å². The number of aryl methyl sites for hydroxylation is 1. The number of nitrogens with two attached hydrogens (primary N) is 1. The molecule has 0 aliphatic rings. The Labute approximate surface area is 155 Å². The summed E-state index contributed by atoms with van der Waals surface area (Å²) in [5.74, 6) is -0.0467. The van der Waals surface area contributed by atoms with Crippen LogP contribution in [0.4, 0.5) is 5.69 Å². The third-order valence-corrected chi connectivity index (χ3v) is 5.00. The fraction of sp³-hybridized carbons (Fsp3) is 0.316. The van der Waals surface area contributed by atoms with Crippen LogP contribution in [0.5, 0.6) is 0 Å². The van der Waals surface area contributed by atoms with Crippen molar-refractivity contribution in [3.8, 4) is 0 Å². The Bertz CT molecular complexity index is 849. The van der Waals surface area contributed by atoms with Gasteiger partial charge in [-0.25, -0.2) is 13.6 Å². The van der Waals surface area contributed by atoms with Gasteiger partial charge in [-0.1, -0.05) is 24.3 Å². The van der Waals surface area contributed by atoms with Gasteiger partial charge >= 0.3 is 0 Å². The lowest BCUT2D eigenvalue weighted by molar-refractivity contribution is -0.119. The van der Waals surface area contributed by atoms with Crippen LogP contribution in [0.15, 0.2) is 53.4 Å². The van der Waals surface area contributed by atoms with Crippen LogP contribution < -0.4 is 15.4 Å². The Kier molecular flexibility index (Phi) is 6.76. The number of amides is 1. The molecule has 0 fully saturated rings. The second-order valence-corrected chi connectivity index (χ2v) is 7.70. The van der Waals surface area contributed by atoms with Crippen LogP contribution >= 0.6 is 0 Å². The number of rotatable bonds is 8. The predicted octanol–water partition coefficient (Wildman–Crippen LogP) is 1.83. The molecule has 0 radical (unpaired) electrons. The molecular formula is C19H25N3O3S. The van der Waals surface area contributed by atoms with E-state index in [0.29, 0.717) is 19.5 Å². The van der Waals surface area contributed by atoms with Crippen LogP contribution in [-0.4, -0.2) is 34.0 Å². The van der Waals surface area contributed by atoms with E-state index in [-0.39, 0.29) is 10.8 Å². The summed E-state index contributed by atoms with van der Waals surface area (Å²) in [6.45, 7) is 5.57. The summed E-state index contributed by atoms with van der Waals surface area (Å²) in [4.78, 5) is 14.3. The third-order valence-electron chi connectivity index (χ3n) is 4.07. The maximum absolute atomic E-state index is 12.2. The lowest BCUT2D eigenvalue weighted by Crippen LogP contribution is -2.38. The molecule has 0 aliphatic heterocycles. The normalized spacial score (nSPS) is 11.2. The van der Waals surface area contributed by atoms with Crippen molar-refractivity contribution in [2.75, 3.05) is 24.5 Å². The largest absolute Gasteiger partial charge is 0.362 e. The summed E-state index contributed by atoms with van der Waals surface area (Å²) < 4.78 is 22.5. The van der Waals surface area contributed by atoms with Crippen molar-refractivity contribution in [2.24, 2.45) is 5.14 Å². The number of hydrogen-bond acceptors (Lipinski definition) is 4. The number of sulfonamides is 1. The fourth-order valence-electron chi connectivity index (χ4n) is 2.63. The number of nitrogens with zero attached hydrogens (tertiary/aromatic N) is 1. The molecule has 0 saturated heterocycles. The van der Waals surface area contributed by atoms with Gasteiger partial charge in [0.05, 0.1) is 11.4 Å². The highest BCUT2D eigenvalue weighted by Crippen LogP contribution is 2.15. The quantitative estimate of drug-likeness (QED) is 0.736. The van der Waals surface area contributed by atoms with Gasteiger partial charge in [-0.2, -0.15) is 0 Å². The lowest BCUT2D eigenvalue weighted by Gasteiger charge is -2.22. The zero-order valence-electron chi connectivity index (χ0n) is 15.1. The number of anilines is 1. The van der Waals surface area contributed by atoms with E-state index >= 15 is 0 Å². The molecule has 140 valence electrons. The first-order valence-electron chi connectivity index (χ1n) is 8.49. The van der Waals surface area contributed by atoms with E-state index in [1.165, 1.54) is 12.1 Å². The van der Waals surface area contributed by atoms with Crippen LogP contribution in [-0.2, 0) is 21.2 Å². The maximum Gasteiger partial charge on any atom is 0.239 e. The number of carbonyl (C=O) groups excluding carboxylic acids is 1. The van der Waals surface area contributed by atoms with Gasteiger partial charge in [-0.05, 0) is 55.7 Å². The first-order chi connectivity index (χ1) is 12.3. The molecule has 0 saturated carbocycles. The summed E-state index contributed by atoms with van der Waals surface area (Å²) in [6, 6.07) is 14.4. The van der Waals surface area contributed by atoms with Gasteiger partial charge in [0.15, 0.2) is 0 Å². The first kappa shape index (κ1) is 19.9. The van der Waals surface area contributed by atoms with E-state index < -0.39 is 10.0 Å². The van der Waals surface area contributed by atoms with Gasteiger partial charge in [0.2, 0.25) is 15.9 Å². The number of hydrogen-bond donors (Lipinski definition) is 2. The molecule has 26 heavy (non-hydrogen) atoms. The number of carbonyl (C=O) groups is 1. The monoisotopic (exact) mass is 375 g/mol. The summed E-state index contributed by atoms with van der Waals surface area (Å²) in [5, 5.41) is 7.98. The van der Waals surface area contributed by atoms with E-state index in [1.807, 2.05) is 36.9 Å². The molecule has 0 spiro atoms. The average Bonchev–Trinajstić information content (AvgIpc) is 2.59. The Morgan fingerprint density at radius 1 is 1.15 bits per heavy atom. The molecule has 0 aliphatic carbocycles. The van der Waals surface area contributed by atoms with E-state index in [0.717, 1.165) is 23.4 Å². The highest BCUT2D eigenvalue weighted by molar-refractivity contribution is 7.89. The Hall–Kier alpha value is -2.38. The Morgan fingerprint density at radius 2 is 1.85 bits per heavy atom. The highest BCUT2D eigenvalue weighted by Gasteiger charge is 2.10. The van der Waals surface area contributed by atoms with Crippen LogP contribution in [0, 0.1) is 6.92 Å². The standard InChI is InChI=1S/C19H25N3O3S/c1-3-22(17-6-4-5-15(2)13-17)14-19(23)21-12-11-16-7-9-18(10-8-16)26(20,24)25/h4-10,13H,3,11-12,14H2,1-2H3,(H,21,23)(H2,20,24,25). The molecular weight excluding hydrogens is 350 g/mol. The van der Waals surface area contributed by atoms with Gasteiger partial charge in [0.25, 0.3) is 0 Å². The molecule has 2 aromatic carbocycles. The second-order valence-electron chi connectivity index (χ2n) is 6.14. The number of likely N-dealkylation sites (N-methyl/N-ethyl adjacent to an activating group) is 1. The van der Waals surface area contributed by atoms with Crippen molar-refractivity contribution < 1.29 is 13.2 Å². The van der Waals surface area contributed by atoms with E-state index in [1.54, 1.807) is 12.1 Å². The van der Waals surface area contributed by atoms with Crippen molar-refractivity contribution in [2.45, 2.75) is 25.2 Å². The third kappa shape index (κ3) is 5.86. The van der Waals surface area contributed by atoms with Crippen molar-refractivity contribution in [3.63, 3.8) is 0 Å². The molecule has 0 unspecified atom stereocenters. The van der Waals surface area contributed by atoms with Crippen LogP contribution in [0.2, 0.25) is 0 Å². The zero-order chi connectivity index (χ0) is 19.2. The van der Waals surface area contributed by atoms with Crippen LogP contribution in [0.1, 0.15) is 18.1 Å². The summed E-state index contributed by atoms with van der Waals surface area (Å²) in [5.41, 5.74) is 3.12. The second kappa shape index (κ2) is 8.82. The number of primary sulfonamides is 1. The van der Waals surface area contributed by atoms with E-state index in [4.69, 9.17) is 5.14 Å². The minimum absolute atomic E-state index is 0.0467. The van der Waals surface area contributed by atoms with Crippen molar-refractivity contribution in [1.82, 2.24) is 5.32 Å². The topological polar surface area (TPSA) is 92.5 Å². The molecule has 1 amide bonds. The predicted molar refractivity (Wildman–Crippen MR) is 104 cm³/mol. The maximum atomic E-state index is 12.2. The van der Waals surface area contributed by atoms with Gasteiger partial charge in [-0.3, -0.25) is 4.79 Å². The molecule has 7 heteroatoms. The molecule has 0 bridgehead atoms. The van der Waals surface area contributed by atoms with Gasteiger partial charge in [-0.15, -0.1) is 0 Å². The molecule has 2 aromatic rings. The first-order valence-corrected chi connectivity index (χ1v) is 10.0. The Morgan fingerprint density at radius 3 is 2.42 bits per heavy atom. The number of benzene rings is 2. The van der Waals surface area contributed by atoms with E-state index in [9.17, 15) is 13.2 Å². The fourth-order valence-corrected chi connectivity index (χ4v) is 3.15. The summed E-state index contributed by atoms with van der Waals surface area (Å²) in [6.07, 6.45) is 0.618. The van der Waals surface area contributed by atoms with Gasteiger partial charge in [0, 0.05) is 18.8 Å². The number of nitrogens with one attached hydrogen (secondary N) is 1. The lowest BCUT2D eigenvalue weighted by atomic mass is 10.1. The van der Waals surface area contributed by atoms with Gasteiger partial charge in [0.1, 0.15) is 0 Å². The zero-order valence-corrected chi connectivity index (χ0v) is 15.9. The molecule has 2 rings (SSSR count). The molecule has 0 atom stereocenters. The minimum Gasteiger partial charge on any atom is -0.362 e. The smallest absolute Gasteiger partial charge is 0.239 e. The van der Waals surface area contributed by atoms with Crippen LogP contribution in [0.25, 0.3) is 0 Å². The average molecular weight is 375 g/mol. The van der Waals surface area contributed by atoms with Crippen molar-refractivity contribution in [3.05, 3.63) is 59.7 Å². The highest BCUT2D eigenvalue weighted by atomic mass is 32.2. The summed E-state index contributed by atoms with van der Waals surface area (Å²) in [7, 11) is -3.67. The Balaban J connectivity index is 1.84. The molecule has 0 heterocycles. The SMILES string of the molecule is CCN(CC(=O)NCCc1ccc(S(N)(=O)=O)cc1)c1cccc(C)c1. The van der Waals surface area contributed by atoms with Crippen molar-refractivity contribution >= 4 is 21.6 Å². The van der Waals surface area contributed by atoms with Gasteiger partial charge < -0.3 is 10.2 Å². The molecule has 0 aromatic heterocycles. The summed E-state index contributed by atoms with van der Waals surface area (Å²) >= 11 is 0. The minimum atomic E-state index is -3.67. The molecule has 6 nitrogen and oxygen atoms in total. The van der Waals surface area contributed by atoms with Crippen molar-refractivity contribution in [1.29, 1.82) is 0 Å². The van der Waals surface area contributed by atoms with Crippen LogP contribution in [0.3, 0.4) is 0 Å².